The van der Waals surface area contributed by atoms with Crippen LogP contribution < -0.4 is 11.1 Å². The quantitative estimate of drug-likeness (QED) is 0.875. The van der Waals surface area contributed by atoms with Gasteiger partial charge in [0.2, 0.25) is 0 Å². The van der Waals surface area contributed by atoms with Gasteiger partial charge in [0.15, 0.2) is 0 Å². The molecule has 1 unspecified atom stereocenters. The first-order chi connectivity index (χ1) is 9.63. The van der Waals surface area contributed by atoms with Gasteiger partial charge in [-0.2, -0.15) is 0 Å². The van der Waals surface area contributed by atoms with E-state index in [1.54, 1.807) is 6.26 Å². The zero-order chi connectivity index (χ0) is 14.1. The molecule has 106 valence electrons. The van der Waals surface area contributed by atoms with Crippen LogP contribution in [0.2, 0.25) is 0 Å². The number of hydrogen-bond donors (Lipinski definition) is 2. The third-order valence-corrected chi connectivity index (χ3v) is 3.61. The number of nitrogen functional groups attached to an aromatic ring is 1. The Morgan fingerprint density at radius 1 is 1.45 bits per heavy atom. The van der Waals surface area contributed by atoms with Crippen LogP contribution in [0.3, 0.4) is 0 Å². The second-order valence-corrected chi connectivity index (χ2v) is 5.54. The van der Waals surface area contributed by atoms with Crippen molar-refractivity contribution in [1.29, 1.82) is 0 Å². The number of furan rings is 1. The van der Waals surface area contributed by atoms with E-state index in [2.05, 4.69) is 22.2 Å². The number of hydrogen-bond acceptors (Lipinski definition) is 5. The maximum Gasteiger partial charge on any atom is 0.136 e. The third-order valence-electron chi connectivity index (χ3n) is 3.61. The lowest BCUT2D eigenvalue weighted by Gasteiger charge is -2.16. The van der Waals surface area contributed by atoms with Crippen LogP contribution in [-0.2, 0) is 6.42 Å². The Morgan fingerprint density at radius 2 is 2.25 bits per heavy atom. The molecule has 1 aliphatic rings. The summed E-state index contributed by atoms with van der Waals surface area (Å²) in [7, 11) is 0. The molecule has 0 bridgehead atoms. The molecule has 0 spiro atoms. The SMILES string of the molecule is Cc1c(N)nc(C2CC2)nc1NC(C)Cc1ccco1. The minimum absolute atomic E-state index is 0.223. The first-order valence-electron chi connectivity index (χ1n) is 7.06. The van der Waals surface area contributed by atoms with Crippen molar-refractivity contribution in [3.05, 3.63) is 35.5 Å². The van der Waals surface area contributed by atoms with Crippen molar-refractivity contribution in [2.45, 2.75) is 45.1 Å². The molecule has 1 atom stereocenters. The predicted octanol–water partition coefficient (Wildman–Crippen LogP) is 2.88. The summed E-state index contributed by atoms with van der Waals surface area (Å²) in [5, 5.41) is 3.42. The summed E-state index contributed by atoms with van der Waals surface area (Å²) in [5.74, 6) is 3.76. The van der Waals surface area contributed by atoms with E-state index in [9.17, 15) is 0 Å². The van der Waals surface area contributed by atoms with Crippen molar-refractivity contribution >= 4 is 11.6 Å². The van der Waals surface area contributed by atoms with Gasteiger partial charge in [-0.1, -0.05) is 0 Å². The summed E-state index contributed by atoms with van der Waals surface area (Å²) in [6.07, 6.45) is 4.85. The lowest BCUT2D eigenvalue weighted by molar-refractivity contribution is 0.497. The van der Waals surface area contributed by atoms with Crippen molar-refractivity contribution < 1.29 is 4.42 Å². The van der Waals surface area contributed by atoms with Gasteiger partial charge in [-0.3, -0.25) is 0 Å². The van der Waals surface area contributed by atoms with Crippen molar-refractivity contribution in [3.63, 3.8) is 0 Å². The summed E-state index contributed by atoms with van der Waals surface area (Å²) in [4.78, 5) is 9.02. The highest BCUT2D eigenvalue weighted by atomic mass is 16.3. The Bertz CT molecular complexity index is 590. The molecule has 0 aliphatic heterocycles. The first-order valence-corrected chi connectivity index (χ1v) is 7.06. The van der Waals surface area contributed by atoms with Crippen LogP contribution in [0, 0.1) is 6.92 Å². The molecule has 20 heavy (non-hydrogen) atoms. The lowest BCUT2D eigenvalue weighted by Crippen LogP contribution is -2.20. The Balaban J connectivity index is 1.75. The van der Waals surface area contributed by atoms with Gasteiger partial charge in [-0.25, -0.2) is 9.97 Å². The average molecular weight is 272 g/mol. The number of anilines is 2. The number of nitrogens with two attached hydrogens (primary N) is 1. The fourth-order valence-electron chi connectivity index (χ4n) is 2.23. The van der Waals surface area contributed by atoms with E-state index in [1.165, 1.54) is 12.8 Å². The van der Waals surface area contributed by atoms with E-state index in [4.69, 9.17) is 10.2 Å². The molecule has 2 aromatic rings. The van der Waals surface area contributed by atoms with Gasteiger partial charge in [0.1, 0.15) is 23.2 Å². The maximum atomic E-state index is 5.99. The van der Waals surface area contributed by atoms with E-state index in [0.29, 0.717) is 11.7 Å². The monoisotopic (exact) mass is 272 g/mol. The molecule has 3 rings (SSSR count). The van der Waals surface area contributed by atoms with E-state index in [-0.39, 0.29) is 6.04 Å². The minimum atomic E-state index is 0.223. The van der Waals surface area contributed by atoms with Crippen LogP contribution >= 0.6 is 0 Å². The standard InChI is InChI=1S/C15H20N4O/c1-9(8-12-4-3-7-20-12)17-14-10(2)13(16)18-15(19-14)11-5-6-11/h3-4,7,9,11H,5-6,8H2,1-2H3,(H3,16,17,18,19). The molecule has 2 aromatic heterocycles. The van der Waals surface area contributed by atoms with Crippen LogP contribution in [0.15, 0.2) is 22.8 Å². The molecule has 0 aromatic carbocycles. The second-order valence-electron chi connectivity index (χ2n) is 5.54. The Labute approximate surface area is 118 Å². The minimum Gasteiger partial charge on any atom is -0.469 e. The van der Waals surface area contributed by atoms with Crippen LogP contribution in [0.1, 0.15) is 42.8 Å². The van der Waals surface area contributed by atoms with E-state index < -0.39 is 0 Å². The Morgan fingerprint density at radius 3 is 2.90 bits per heavy atom. The molecule has 0 radical (unpaired) electrons. The smallest absolute Gasteiger partial charge is 0.136 e. The molecule has 1 fully saturated rings. The van der Waals surface area contributed by atoms with Crippen LogP contribution in [-0.4, -0.2) is 16.0 Å². The Hall–Kier alpha value is -2.04. The predicted molar refractivity (Wildman–Crippen MR) is 78.7 cm³/mol. The van der Waals surface area contributed by atoms with Crippen molar-refractivity contribution in [1.82, 2.24) is 9.97 Å². The molecule has 3 N–H and O–H groups in total. The number of aromatic nitrogens is 2. The molecule has 5 heteroatoms. The summed E-state index contributed by atoms with van der Waals surface area (Å²) in [6, 6.07) is 4.11. The highest BCUT2D eigenvalue weighted by molar-refractivity contribution is 5.55. The summed E-state index contributed by atoms with van der Waals surface area (Å²) >= 11 is 0. The van der Waals surface area contributed by atoms with E-state index in [0.717, 1.165) is 29.4 Å². The number of nitrogens with zero attached hydrogens (tertiary/aromatic N) is 2. The molecule has 0 saturated heterocycles. The van der Waals surface area contributed by atoms with Gasteiger partial charge in [-0.05, 0) is 38.8 Å². The molecular weight excluding hydrogens is 252 g/mol. The topological polar surface area (TPSA) is 77.0 Å². The van der Waals surface area contributed by atoms with E-state index in [1.807, 2.05) is 19.1 Å². The van der Waals surface area contributed by atoms with E-state index >= 15 is 0 Å². The number of rotatable bonds is 5. The molecule has 2 heterocycles. The van der Waals surface area contributed by atoms with Gasteiger partial charge in [0.25, 0.3) is 0 Å². The summed E-state index contributed by atoms with van der Waals surface area (Å²) < 4.78 is 5.37. The highest BCUT2D eigenvalue weighted by Gasteiger charge is 2.28. The maximum absolute atomic E-state index is 5.99. The highest BCUT2D eigenvalue weighted by Crippen LogP contribution is 2.39. The van der Waals surface area contributed by atoms with Gasteiger partial charge in [0.05, 0.1) is 6.26 Å². The van der Waals surface area contributed by atoms with Gasteiger partial charge in [0, 0.05) is 23.9 Å². The molecular formula is C15H20N4O. The fraction of sp³-hybridized carbons (Fsp3) is 0.467. The van der Waals surface area contributed by atoms with Crippen molar-refractivity contribution in [3.8, 4) is 0 Å². The lowest BCUT2D eigenvalue weighted by atomic mass is 10.2. The van der Waals surface area contributed by atoms with Gasteiger partial charge in [-0.15, -0.1) is 0 Å². The number of nitrogens with one attached hydrogen (secondary N) is 1. The largest absolute Gasteiger partial charge is 0.469 e. The molecule has 1 aliphatic carbocycles. The fourth-order valence-corrected chi connectivity index (χ4v) is 2.23. The van der Waals surface area contributed by atoms with Gasteiger partial charge < -0.3 is 15.5 Å². The summed E-state index contributed by atoms with van der Waals surface area (Å²) in [5.41, 5.74) is 6.91. The third kappa shape index (κ3) is 2.76. The van der Waals surface area contributed by atoms with Crippen LogP contribution in [0.4, 0.5) is 11.6 Å². The first kappa shape index (κ1) is 13.0. The molecule has 5 nitrogen and oxygen atoms in total. The Kier molecular flexibility index (Phi) is 3.34. The normalized spacial score (nSPS) is 16.1. The van der Waals surface area contributed by atoms with Crippen LogP contribution in [0.25, 0.3) is 0 Å². The average Bonchev–Trinajstić information content (AvgIpc) is 3.14. The molecule has 1 saturated carbocycles. The summed E-state index contributed by atoms with van der Waals surface area (Å²) in [6.45, 7) is 4.06. The molecule has 0 amide bonds. The van der Waals surface area contributed by atoms with Gasteiger partial charge >= 0.3 is 0 Å². The van der Waals surface area contributed by atoms with Crippen LogP contribution in [0.5, 0.6) is 0 Å². The van der Waals surface area contributed by atoms with Crippen molar-refractivity contribution in [2.75, 3.05) is 11.1 Å². The van der Waals surface area contributed by atoms with Crippen molar-refractivity contribution in [2.24, 2.45) is 0 Å². The second kappa shape index (κ2) is 5.15. The zero-order valence-corrected chi connectivity index (χ0v) is 11.9. The zero-order valence-electron chi connectivity index (χ0n) is 11.9.